The summed E-state index contributed by atoms with van der Waals surface area (Å²) < 4.78 is 5.57. The molecular formula is C20H26O3. The first-order chi connectivity index (χ1) is 11.0. The maximum Gasteiger partial charge on any atom is 0.303 e. The van der Waals surface area contributed by atoms with Gasteiger partial charge in [0, 0.05) is 6.42 Å². The van der Waals surface area contributed by atoms with E-state index in [1.54, 1.807) is 7.11 Å². The van der Waals surface area contributed by atoms with Crippen molar-refractivity contribution in [3.05, 3.63) is 41.5 Å². The van der Waals surface area contributed by atoms with Crippen molar-refractivity contribution in [1.29, 1.82) is 0 Å². The van der Waals surface area contributed by atoms with Gasteiger partial charge < -0.3 is 9.84 Å². The molecule has 0 aromatic heterocycles. The lowest BCUT2D eigenvalue weighted by Gasteiger charge is -2.15. The van der Waals surface area contributed by atoms with Gasteiger partial charge >= 0.3 is 5.97 Å². The second kappa shape index (κ2) is 8.00. The number of benzene rings is 2. The molecule has 0 aliphatic heterocycles. The summed E-state index contributed by atoms with van der Waals surface area (Å²) in [6.07, 6.45) is 3.95. The monoisotopic (exact) mass is 314 g/mol. The van der Waals surface area contributed by atoms with Gasteiger partial charge in [-0.1, -0.05) is 38.5 Å². The molecule has 0 radical (unpaired) electrons. The van der Waals surface area contributed by atoms with Crippen molar-refractivity contribution in [3.63, 3.8) is 0 Å². The van der Waals surface area contributed by atoms with Crippen molar-refractivity contribution >= 4 is 16.7 Å². The van der Waals surface area contributed by atoms with Gasteiger partial charge in [0.15, 0.2) is 0 Å². The molecule has 0 bridgehead atoms. The van der Waals surface area contributed by atoms with Gasteiger partial charge in [-0.2, -0.15) is 0 Å². The minimum atomic E-state index is -0.707. The first-order valence-electron chi connectivity index (χ1n) is 8.34. The van der Waals surface area contributed by atoms with E-state index in [2.05, 4.69) is 44.2 Å². The molecule has 2 aromatic carbocycles. The van der Waals surface area contributed by atoms with Gasteiger partial charge in [-0.05, 0) is 59.2 Å². The largest absolute Gasteiger partial charge is 0.496 e. The Hall–Kier alpha value is -2.03. The zero-order valence-corrected chi connectivity index (χ0v) is 14.3. The van der Waals surface area contributed by atoms with Crippen LogP contribution < -0.4 is 4.74 Å². The minimum Gasteiger partial charge on any atom is -0.496 e. The van der Waals surface area contributed by atoms with Crippen LogP contribution in [-0.4, -0.2) is 18.2 Å². The summed E-state index contributed by atoms with van der Waals surface area (Å²) in [7, 11) is 1.72. The highest BCUT2D eigenvalue weighted by molar-refractivity contribution is 5.88. The van der Waals surface area contributed by atoms with Gasteiger partial charge in [-0.25, -0.2) is 0 Å². The lowest BCUT2D eigenvalue weighted by atomic mass is 9.94. The van der Waals surface area contributed by atoms with Gasteiger partial charge in [0.1, 0.15) is 5.75 Å². The zero-order valence-electron chi connectivity index (χ0n) is 14.3. The molecule has 3 nitrogen and oxygen atoms in total. The maximum atomic E-state index is 10.6. The van der Waals surface area contributed by atoms with Crippen molar-refractivity contribution in [2.24, 2.45) is 0 Å². The van der Waals surface area contributed by atoms with Crippen LogP contribution in [0.5, 0.6) is 5.75 Å². The third-order valence-corrected chi connectivity index (χ3v) is 4.28. The van der Waals surface area contributed by atoms with E-state index in [1.807, 2.05) is 0 Å². The molecule has 0 saturated heterocycles. The number of hydrogen-bond donors (Lipinski definition) is 1. The Bertz CT molecular complexity index is 674. The van der Waals surface area contributed by atoms with Crippen LogP contribution in [0.15, 0.2) is 30.3 Å². The first-order valence-corrected chi connectivity index (χ1v) is 8.34. The lowest BCUT2D eigenvalue weighted by Crippen LogP contribution is -1.97. The summed E-state index contributed by atoms with van der Waals surface area (Å²) in [5.41, 5.74) is 2.55. The number of unbranched alkanes of at least 4 members (excludes halogenated alkanes) is 2. The number of methoxy groups -OCH3 is 1. The fraction of sp³-hybridized carbons (Fsp3) is 0.450. The van der Waals surface area contributed by atoms with E-state index in [-0.39, 0.29) is 6.42 Å². The van der Waals surface area contributed by atoms with Crippen LogP contribution in [0, 0.1) is 0 Å². The van der Waals surface area contributed by atoms with Gasteiger partial charge in [-0.15, -0.1) is 0 Å². The fourth-order valence-corrected chi connectivity index (χ4v) is 3.00. The quantitative estimate of drug-likeness (QED) is 0.685. The molecule has 124 valence electrons. The number of fused-ring (bicyclic) bond motifs is 1. The number of ether oxygens (including phenoxy) is 1. The predicted octanol–water partition coefficient (Wildman–Crippen LogP) is 5.16. The third-order valence-electron chi connectivity index (χ3n) is 4.28. The van der Waals surface area contributed by atoms with Crippen molar-refractivity contribution in [3.8, 4) is 5.75 Å². The average Bonchev–Trinajstić information content (AvgIpc) is 2.53. The number of carboxylic acid groups (broad SMARTS) is 1. The summed E-state index contributed by atoms with van der Waals surface area (Å²) in [5, 5.41) is 11.2. The molecule has 0 aliphatic carbocycles. The molecule has 0 saturated carbocycles. The molecule has 0 aliphatic rings. The molecule has 0 spiro atoms. The predicted molar refractivity (Wildman–Crippen MR) is 94.4 cm³/mol. The Morgan fingerprint density at radius 3 is 2.61 bits per heavy atom. The summed E-state index contributed by atoms with van der Waals surface area (Å²) in [5.74, 6) is 0.668. The van der Waals surface area contributed by atoms with Crippen LogP contribution in [0.3, 0.4) is 0 Å². The Morgan fingerprint density at radius 2 is 1.96 bits per heavy atom. The second-order valence-corrected chi connectivity index (χ2v) is 6.34. The zero-order chi connectivity index (χ0) is 16.8. The van der Waals surface area contributed by atoms with Crippen LogP contribution >= 0.6 is 0 Å². The van der Waals surface area contributed by atoms with E-state index in [1.165, 1.54) is 21.9 Å². The van der Waals surface area contributed by atoms with Gasteiger partial charge in [-0.3, -0.25) is 4.79 Å². The van der Waals surface area contributed by atoms with Gasteiger partial charge in [0.25, 0.3) is 0 Å². The summed E-state index contributed by atoms with van der Waals surface area (Å²) in [4.78, 5) is 10.6. The molecule has 23 heavy (non-hydrogen) atoms. The third kappa shape index (κ3) is 4.47. The van der Waals surface area contributed by atoms with Crippen LogP contribution in [0.4, 0.5) is 0 Å². The molecule has 2 aromatic rings. The SMILES string of the molecule is COc1cc2c(CCCCCC(=O)O)cccc2cc1C(C)C. The van der Waals surface area contributed by atoms with E-state index in [4.69, 9.17) is 9.84 Å². The molecule has 0 heterocycles. The van der Waals surface area contributed by atoms with Crippen molar-refractivity contribution < 1.29 is 14.6 Å². The Kier molecular flexibility index (Phi) is 6.03. The van der Waals surface area contributed by atoms with E-state index >= 15 is 0 Å². The number of hydrogen-bond acceptors (Lipinski definition) is 2. The number of carboxylic acids is 1. The number of aliphatic carboxylic acids is 1. The van der Waals surface area contributed by atoms with Crippen molar-refractivity contribution in [2.75, 3.05) is 7.11 Å². The lowest BCUT2D eigenvalue weighted by molar-refractivity contribution is -0.137. The number of carbonyl (C=O) groups is 1. The highest BCUT2D eigenvalue weighted by Gasteiger charge is 2.11. The minimum absolute atomic E-state index is 0.265. The van der Waals surface area contributed by atoms with Crippen molar-refractivity contribution in [2.45, 2.75) is 51.9 Å². The van der Waals surface area contributed by atoms with Crippen molar-refractivity contribution in [1.82, 2.24) is 0 Å². The van der Waals surface area contributed by atoms with E-state index in [0.717, 1.165) is 31.4 Å². The first kappa shape index (κ1) is 17.3. The molecule has 1 N–H and O–H groups in total. The average molecular weight is 314 g/mol. The molecule has 3 heteroatoms. The molecule has 0 unspecified atom stereocenters. The maximum absolute atomic E-state index is 10.6. The van der Waals surface area contributed by atoms with E-state index in [9.17, 15) is 4.79 Å². The molecule has 0 fully saturated rings. The summed E-state index contributed by atoms with van der Waals surface area (Å²) in [6, 6.07) is 10.8. The van der Waals surface area contributed by atoms with Crippen LogP contribution in [0.25, 0.3) is 10.8 Å². The summed E-state index contributed by atoms with van der Waals surface area (Å²) >= 11 is 0. The molecular weight excluding hydrogens is 288 g/mol. The topological polar surface area (TPSA) is 46.5 Å². The summed E-state index contributed by atoms with van der Waals surface area (Å²) in [6.45, 7) is 4.35. The fourth-order valence-electron chi connectivity index (χ4n) is 3.00. The number of aryl methyl sites for hydroxylation is 1. The Labute approximate surface area is 138 Å². The van der Waals surface area contributed by atoms with Crippen LogP contribution in [0.2, 0.25) is 0 Å². The van der Waals surface area contributed by atoms with Crippen LogP contribution in [0.1, 0.15) is 56.6 Å². The molecule has 0 amide bonds. The van der Waals surface area contributed by atoms with Crippen LogP contribution in [-0.2, 0) is 11.2 Å². The second-order valence-electron chi connectivity index (χ2n) is 6.34. The van der Waals surface area contributed by atoms with Gasteiger partial charge in [0.05, 0.1) is 7.11 Å². The Balaban J connectivity index is 2.19. The number of rotatable bonds is 8. The molecule has 0 atom stereocenters. The highest BCUT2D eigenvalue weighted by Crippen LogP contribution is 2.33. The van der Waals surface area contributed by atoms with E-state index in [0.29, 0.717) is 5.92 Å². The Morgan fingerprint density at radius 1 is 1.17 bits per heavy atom. The highest BCUT2D eigenvalue weighted by atomic mass is 16.5. The standard InChI is InChI=1S/C20H26O3/c1-14(2)17-12-16-10-7-9-15(18(16)13-19(17)23-3)8-5-4-6-11-20(21)22/h7,9-10,12-14H,4-6,8,11H2,1-3H3,(H,21,22). The molecule has 2 rings (SSSR count). The van der Waals surface area contributed by atoms with Gasteiger partial charge in [0.2, 0.25) is 0 Å². The normalized spacial score (nSPS) is 11.1. The van der Waals surface area contributed by atoms with E-state index < -0.39 is 5.97 Å². The smallest absolute Gasteiger partial charge is 0.303 e.